The number of hydrogen-bond acceptors (Lipinski definition) is 5. The fourth-order valence-electron chi connectivity index (χ4n) is 4.24. The summed E-state index contributed by atoms with van der Waals surface area (Å²) in [5.41, 5.74) is 1.90. The zero-order valence-corrected chi connectivity index (χ0v) is 17.4. The number of fused-ring (bicyclic) bond motifs is 1. The van der Waals surface area contributed by atoms with E-state index in [0.717, 1.165) is 10.9 Å². The first kappa shape index (κ1) is 20.1. The normalized spacial score (nSPS) is 14.6. The third-order valence-corrected chi connectivity index (χ3v) is 5.77. The third-order valence-electron chi connectivity index (χ3n) is 5.77. The highest BCUT2D eigenvalue weighted by atomic mass is 16.6. The summed E-state index contributed by atoms with van der Waals surface area (Å²) in [5, 5.41) is 4.46. The van der Waals surface area contributed by atoms with Gasteiger partial charge in [-0.15, -0.1) is 0 Å². The second kappa shape index (κ2) is 8.34. The maximum atomic E-state index is 12.9. The number of carbonyl (C=O) groups excluding carboxylic acids is 3. The van der Waals surface area contributed by atoms with Gasteiger partial charge in [-0.3, -0.25) is 19.3 Å². The first-order valence-corrected chi connectivity index (χ1v) is 10.7. The number of rotatable bonds is 6. The van der Waals surface area contributed by atoms with Crippen LogP contribution in [0.3, 0.4) is 0 Å². The van der Waals surface area contributed by atoms with Crippen molar-refractivity contribution < 1.29 is 23.9 Å². The minimum Gasteiger partial charge on any atom is -0.486 e. The number of ether oxygens (including phenoxy) is 2. The predicted octanol–water partition coefficient (Wildman–Crippen LogP) is 3.30. The first-order valence-electron chi connectivity index (χ1n) is 10.7. The van der Waals surface area contributed by atoms with Crippen LogP contribution in [0.4, 0.5) is 0 Å². The molecule has 162 valence electrons. The van der Waals surface area contributed by atoms with Crippen LogP contribution in [0.15, 0.2) is 54.6 Å². The van der Waals surface area contributed by atoms with E-state index >= 15 is 0 Å². The van der Waals surface area contributed by atoms with Crippen molar-refractivity contribution in [3.8, 4) is 11.5 Å². The van der Waals surface area contributed by atoms with E-state index in [0.29, 0.717) is 54.2 Å². The lowest BCUT2D eigenvalue weighted by Crippen LogP contribution is -2.41. The Morgan fingerprint density at radius 2 is 1.59 bits per heavy atom. The maximum Gasteiger partial charge on any atom is 0.261 e. The Morgan fingerprint density at radius 3 is 2.34 bits per heavy atom. The quantitative estimate of drug-likeness (QED) is 0.607. The largest absolute Gasteiger partial charge is 0.486 e. The molecular formula is C25H22N2O5. The minimum atomic E-state index is -0.312. The Hall–Kier alpha value is -3.87. The van der Waals surface area contributed by atoms with Crippen LogP contribution < -0.4 is 14.8 Å². The lowest BCUT2D eigenvalue weighted by atomic mass is 9.94. The summed E-state index contributed by atoms with van der Waals surface area (Å²) in [5.74, 6) is 0.566. The van der Waals surface area contributed by atoms with Crippen LogP contribution in [0.2, 0.25) is 0 Å². The number of nitrogens with one attached hydrogen (secondary N) is 1. The Labute approximate surface area is 184 Å². The van der Waals surface area contributed by atoms with E-state index < -0.39 is 0 Å². The summed E-state index contributed by atoms with van der Waals surface area (Å²) in [6, 6.07) is 16.5. The Balaban J connectivity index is 1.19. The summed E-state index contributed by atoms with van der Waals surface area (Å²) >= 11 is 0. The summed E-state index contributed by atoms with van der Waals surface area (Å²) in [6.45, 7) is 1.50. The predicted molar refractivity (Wildman–Crippen MR) is 118 cm³/mol. The van der Waals surface area contributed by atoms with Crippen LogP contribution in [-0.4, -0.2) is 42.4 Å². The Kier molecular flexibility index (Phi) is 5.23. The van der Waals surface area contributed by atoms with E-state index in [4.69, 9.17) is 9.47 Å². The standard InChI is InChI=1S/C25H22N2O5/c28-21(26-15-17-7-3-10-20-23(17)32-14-13-31-20)11-4-12-27-24(29)18-8-1-5-16-6-2-9-19(22(16)18)25(27)30/h1-3,5-10H,4,11-15H2,(H,26,28). The molecule has 0 saturated heterocycles. The topological polar surface area (TPSA) is 84.9 Å². The molecule has 3 amide bonds. The van der Waals surface area contributed by atoms with E-state index in [-0.39, 0.29) is 30.7 Å². The van der Waals surface area contributed by atoms with Crippen LogP contribution in [0.25, 0.3) is 10.8 Å². The lowest BCUT2D eigenvalue weighted by molar-refractivity contribution is -0.121. The molecule has 0 bridgehead atoms. The van der Waals surface area contributed by atoms with Gasteiger partial charge in [0, 0.05) is 41.6 Å². The fraction of sp³-hybridized carbons (Fsp3) is 0.240. The van der Waals surface area contributed by atoms with E-state index in [1.54, 1.807) is 12.1 Å². The number of hydrogen-bond donors (Lipinski definition) is 1. The summed E-state index contributed by atoms with van der Waals surface area (Å²) < 4.78 is 11.2. The highest BCUT2D eigenvalue weighted by molar-refractivity contribution is 6.25. The number of nitrogens with zero attached hydrogens (tertiary/aromatic N) is 1. The van der Waals surface area contributed by atoms with Crippen LogP contribution in [0.1, 0.15) is 39.1 Å². The molecule has 2 aliphatic heterocycles. The summed E-state index contributed by atoms with van der Waals surface area (Å²) in [6.07, 6.45) is 0.587. The van der Waals surface area contributed by atoms with Crippen LogP contribution in [0.5, 0.6) is 11.5 Å². The summed E-state index contributed by atoms with van der Waals surface area (Å²) in [7, 11) is 0. The summed E-state index contributed by atoms with van der Waals surface area (Å²) in [4.78, 5) is 39.4. The Morgan fingerprint density at radius 1 is 0.906 bits per heavy atom. The molecule has 2 heterocycles. The van der Waals surface area contributed by atoms with Crippen molar-refractivity contribution in [2.75, 3.05) is 19.8 Å². The molecule has 3 aromatic carbocycles. The zero-order valence-electron chi connectivity index (χ0n) is 17.4. The van der Waals surface area contributed by atoms with Gasteiger partial charge in [0.05, 0.1) is 0 Å². The molecule has 5 rings (SSSR count). The Bertz CT molecular complexity index is 1190. The van der Waals surface area contributed by atoms with E-state index in [9.17, 15) is 14.4 Å². The molecule has 7 heteroatoms. The lowest BCUT2D eigenvalue weighted by Gasteiger charge is -2.27. The fourth-order valence-corrected chi connectivity index (χ4v) is 4.24. The highest BCUT2D eigenvalue weighted by Crippen LogP contribution is 2.33. The molecule has 0 saturated carbocycles. The monoisotopic (exact) mass is 430 g/mol. The van der Waals surface area contributed by atoms with Gasteiger partial charge in [-0.2, -0.15) is 0 Å². The van der Waals surface area contributed by atoms with Gasteiger partial charge in [0.15, 0.2) is 11.5 Å². The van der Waals surface area contributed by atoms with Gasteiger partial charge >= 0.3 is 0 Å². The van der Waals surface area contributed by atoms with Crippen LogP contribution in [0, 0.1) is 0 Å². The van der Waals surface area contributed by atoms with Gasteiger partial charge in [0.25, 0.3) is 11.8 Å². The number of carbonyl (C=O) groups is 3. The average molecular weight is 430 g/mol. The molecular weight excluding hydrogens is 408 g/mol. The molecule has 2 aliphatic rings. The molecule has 0 fully saturated rings. The van der Waals surface area contributed by atoms with E-state index in [1.807, 2.05) is 42.5 Å². The van der Waals surface area contributed by atoms with E-state index in [2.05, 4.69) is 5.32 Å². The average Bonchev–Trinajstić information content (AvgIpc) is 2.83. The molecule has 0 atom stereocenters. The number of amides is 3. The second-order valence-electron chi connectivity index (χ2n) is 7.79. The molecule has 0 spiro atoms. The zero-order chi connectivity index (χ0) is 22.1. The van der Waals surface area contributed by atoms with Gasteiger partial charge in [0.2, 0.25) is 5.91 Å². The van der Waals surface area contributed by atoms with Crippen molar-refractivity contribution in [2.45, 2.75) is 19.4 Å². The highest BCUT2D eigenvalue weighted by Gasteiger charge is 2.32. The first-order chi connectivity index (χ1) is 15.6. The molecule has 0 aromatic heterocycles. The number of imide groups is 1. The van der Waals surface area contributed by atoms with Gasteiger partial charge in [-0.1, -0.05) is 36.4 Å². The van der Waals surface area contributed by atoms with E-state index in [1.165, 1.54) is 4.90 Å². The molecule has 7 nitrogen and oxygen atoms in total. The van der Waals surface area contributed by atoms with Crippen molar-refractivity contribution in [3.05, 3.63) is 71.3 Å². The molecule has 0 unspecified atom stereocenters. The number of para-hydroxylation sites is 1. The van der Waals surface area contributed by atoms with Gasteiger partial charge in [-0.25, -0.2) is 0 Å². The van der Waals surface area contributed by atoms with Crippen molar-refractivity contribution in [3.63, 3.8) is 0 Å². The van der Waals surface area contributed by atoms with Crippen molar-refractivity contribution >= 4 is 28.5 Å². The van der Waals surface area contributed by atoms with Crippen LogP contribution in [-0.2, 0) is 11.3 Å². The molecule has 32 heavy (non-hydrogen) atoms. The molecule has 0 radical (unpaired) electrons. The van der Waals surface area contributed by atoms with Crippen molar-refractivity contribution in [2.24, 2.45) is 0 Å². The minimum absolute atomic E-state index is 0.154. The smallest absolute Gasteiger partial charge is 0.261 e. The van der Waals surface area contributed by atoms with Crippen molar-refractivity contribution in [1.82, 2.24) is 10.2 Å². The van der Waals surface area contributed by atoms with Gasteiger partial charge < -0.3 is 14.8 Å². The van der Waals surface area contributed by atoms with Gasteiger partial charge in [-0.05, 0) is 30.0 Å². The van der Waals surface area contributed by atoms with Crippen LogP contribution >= 0.6 is 0 Å². The SMILES string of the molecule is O=C(CCCN1C(=O)c2cccc3cccc(c23)C1=O)NCc1cccc2c1OCCO2. The van der Waals surface area contributed by atoms with Crippen molar-refractivity contribution in [1.29, 1.82) is 0 Å². The third kappa shape index (κ3) is 3.56. The second-order valence-corrected chi connectivity index (χ2v) is 7.79. The number of benzene rings is 3. The molecule has 3 aromatic rings. The maximum absolute atomic E-state index is 12.9. The molecule has 1 N–H and O–H groups in total. The van der Waals surface area contributed by atoms with Gasteiger partial charge in [0.1, 0.15) is 13.2 Å². The molecule has 0 aliphatic carbocycles.